The summed E-state index contributed by atoms with van der Waals surface area (Å²) in [5, 5.41) is 2.34. The molecule has 0 unspecified atom stereocenters. The molecular weight excluding hydrogens is 1030 g/mol. The molecule has 0 atom stereocenters. The molecule has 7 aromatic carbocycles. The van der Waals surface area contributed by atoms with E-state index in [4.69, 9.17) is 9.72 Å². The van der Waals surface area contributed by atoms with Crippen molar-refractivity contribution in [2.24, 2.45) is 21.7 Å². The lowest BCUT2D eigenvalue weighted by atomic mass is 9.47. The van der Waals surface area contributed by atoms with Gasteiger partial charge in [-0.25, -0.2) is 4.98 Å². The zero-order valence-corrected chi connectivity index (χ0v) is 54.6. The molecule has 4 aliphatic carbocycles. The molecule has 85 heavy (non-hydrogen) atoms. The third-order valence-electron chi connectivity index (χ3n) is 26.5. The summed E-state index contributed by atoms with van der Waals surface area (Å²) in [7, 11) is 0. The van der Waals surface area contributed by atoms with Crippen LogP contribution in [0.2, 0.25) is 0 Å². The maximum Gasteiger partial charge on any atom is 0.269 e. The van der Waals surface area contributed by atoms with Crippen LogP contribution in [0.1, 0.15) is 184 Å². The van der Waals surface area contributed by atoms with E-state index in [-0.39, 0.29) is 59.6 Å². The molecule has 0 aliphatic heterocycles. The highest BCUT2D eigenvalue weighted by molar-refractivity contribution is 6.09. The van der Waals surface area contributed by atoms with Gasteiger partial charge in [0, 0.05) is 33.9 Å². The Bertz CT molecular complexity index is 4300. The van der Waals surface area contributed by atoms with E-state index in [1.165, 1.54) is 55.5 Å². The molecule has 10 aromatic rings. The van der Waals surface area contributed by atoms with Gasteiger partial charge in [0.1, 0.15) is 17.3 Å². The summed E-state index contributed by atoms with van der Waals surface area (Å²) < 4.78 is 13.9. The summed E-state index contributed by atoms with van der Waals surface area (Å²) >= 11 is 0. The standard InChI is InChI=1S/C80H88N4O/c1-70(2,3)50-38-39-81-66(44-50)84-62-33-23-22-30-56(62)57-37-36-53(46-65(57)84)85-52-29-26-28-51(45-52)82-47-83(64-35-25-24-34-63(64)82)69-54(48-40-58-67-59(41-48)72(6,7)76(14,15)79(67,20)75(12,13)71(58,4)5)31-27-32-55(69)49-42-60-68-61(43-49)74(10,11)78(18,19)80(68,21)77(16,17)73(60,8)9/h22-46H,1-21H3. The molecule has 14 rings (SSSR count). The third-order valence-corrected chi connectivity index (χ3v) is 26.5. The number of hydrogen-bond donors (Lipinski definition) is 0. The zero-order valence-electron chi connectivity index (χ0n) is 54.6. The fourth-order valence-electron chi connectivity index (χ4n) is 18.1. The molecule has 0 N–H and O–H groups in total. The molecule has 3 aromatic heterocycles. The third kappa shape index (κ3) is 6.56. The van der Waals surface area contributed by atoms with Gasteiger partial charge < -0.3 is 4.74 Å². The van der Waals surface area contributed by atoms with Crippen molar-refractivity contribution in [3.8, 4) is 50.9 Å². The van der Waals surface area contributed by atoms with Crippen molar-refractivity contribution in [3.63, 3.8) is 0 Å². The van der Waals surface area contributed by atoms with Crippen molar-refractivity contribution >= 4 is 32.8 Å². The molecule has 0 saturated carbocycles. The van der Waals surface area contributed by atoms with Gasteiger partial charge in [0.15, 0.2) is 0 Å². The smallest absolute Gasteiger partial charge is 0.269 e. The number of pyridine rings is 1. The van der Waals surface area contributed by atoms with Gasteiger partial charge in [-0.15, -0.1) is 0 Å². The van der Waals surface area contributed by atoms with Crippen LogP contribution in [-0.4, -0.2) is 14.1 Å². The van der Waals surface area contributed by atoms with Gasteiger partial charge in [0.2, 0.25) is 0 Å². The largest absolute Gasteiger partial charge is 0.458 e. The van der Waals surface area contributed by atoms with Crippen LogP contribution in [0, 0.1) is 28.0 Å². The Hall–Kier alpha value is -7.24. The molecule has 3 heterocycles. The summed E-state index contributed by atoms with van der Waals surface area (Å²) in [5.41, 5.74) is 21.1. The number of rotatable bonds is 7. The fraction of sp³-hybridized carbons (Fsp3) is 0.400. The number of fused-ring (bicyclic) bond motifs is 4. The average Bonchev–Trinajstić information content (AvgIpc) is 1.50. The van der Waals surface area contributed by atoms with Gasteiger partial charge in [-0.1, -0.05) is 236 Å². The van der Waals surface area contributed by atoms with Crippen LogP contribution in [0.5, 0.6) is 11.5 Å². The molecule has 0 saturated heterocycles. The highest BCUT2D eigenvalue weighted by Gasteiger charge is 2.74. The first-order chi connectivity index (χ1) is 39.6. The van der Waals surface area contributed by atoms with E-state index in [0.29, 0.717) is 0 Å². The van der Waals surface area contributed by atoms with Crippen molar-refractivity contribution < 1.29 is 9.30 Å². The molecule has 5 heteroatoms. The van der Waals surface area contributed by atoms with Crippen molar-refractivity contribution in [1.82, 2.24) is 14.1 Å². The van der Waals surface area contributed by atoms with Crippen molar-refractivity contribution in [2.45, 2.75) is 183 Å². The van der Waals surface area contributed by atoms with Gasteiger partial charge in [-0.05, 0) is 158 Å². The maximum absolute atomic E-state index is 6.97. The Labute approximate surface area is 506 Å². The number of nitrogens with zero attached hydrogens (tertiary/aromatic N) is 4. The normalized spacial score (nSPS) is 20.5. The maximum atomic E-state index is 6.97. The quantitative estimate of drug-likeness (QED) is 0.118. The first-order valence-corrected chi connectivity index (χ1v) is 31.4. The Balaban J connectivity index is 0.976. The average molecular weight is 1120 g/mol. The summed E-state index contributed by atoms with van der Waals surface area (Å²) in [5.74, 6) is 2.39. The summed E-state index contributed by atoms with van der Waals surface area (Å²) in [6.45, 7) is 52.4. The topological polar surface area (TPSA) is 35.9 Å². The van der Waals surface area contributed by atoms with Crippen LogP contribution in [0.4, 0.5) is 0 Å². The van der Waals surface area contributed by atoms with Crippen LogP contribution in [0.25, 0.3) is 72.3 Å². The van der Waals surface area contributed by atoms with Crippen LogP contribution >= 0.6 is 0 Å². The summed E-state index contributed by atoms with van der Waals surface area (Å²) in [6.07, 6.45) is 6.03. The molecular formula is C80H88N4O. The van der Waals surface area contributed by atoms with Gasteiger partial charge >= 0.3 is 0 Å². The van der Waals surface area contributed by atoms with Crippen LogP contribution in [0.15, 0.2) is 152 Å². The minimum absolute atomic E-state index is 0.0164. The lowest BCUT2D eigenvalue weighted by Gasteiger charge is -2.56. The van der Waals surface area contributed by atoms with E-state index in [9.17, 15) is 0 Å². The van der Waals surface area contributed by atoms with Gasteiger partial charge in [-0.2, -0.15) is 0 Å². The number of ether oxygens (including phenoxy) is 1. The Kier molecular flexibility index (Phi) is 11.0. The zero-order chi connectivity index (χ0) is 60.7. The number of imidazole rings is 1. The molecule has 4 aliphatic rings. The molecule has 434 valence electrons. The minimum Gasteiger partial charge on any atom is -0.458 e. The van der Waals surface area contributed by atoms with E-state index >= 15 is 0 Å². The highest BCUT2D eigenvalue weighted by Crippen LogP contribution is 2.78. The van der Waals surface area contributed by atoms with E-state index in [2.05, 4.69) is 311 Å². The Morgan fingerprint density at radius 1 is 0.447 bits per heavy atom. The lowest BCUT2D eigenvalue weighted by Crippen LogP contribution is -2.55. The van der Waals surface area contributed by atoms with Crippen LogP contribution in [-0.2, 0) is 37.9 Å². The second kappa shape index (κ2) is 16.8. The van der Waals surface area contributed by atoms with Gasteiger partial charge in [-0.3, -0.25) is 13.7 Å². The van der Waals surface area contributed by atoms with Crippen molar-refractivity contribution in [1.29, 1.82) is 0 Å². The summed E-state index contributed by atoms with van der Waals surface area (Å²) in [6, 6.07) is 54.3. The molecule has 0 bridgehead atoms. The molecule has 5 nitrogen and oxygen atoms in total. The lowest BCUT2D eigenvalue weighted by molar-refractivity contribution is -0.571. The first kappa shape index (κ1) is 55.6. The minimum atomic E-state index is -0.0945. The van der Waals surface area contributed by atoms with Crippen LogP contribution < -0.4 is 9.30 Å². The number of hydrogen-bond acceptors (Lipinski definition) is 2. The van der Waals surface area contributed by atoms with Gasteiger partial charge in [0.05, 0.1) is 33.4 Å². The monoisotopic (exact) mass is 1120 g/mol. The predicted molar refractivity (Wildman–Crippen MR) is 354 cm³/mol. The number of para-hydroxylation sites is 4. The summed E-state index contributed by atoms with van der Waals surface area (Å²) in [4.78, 5) is 4.96. The Morgan fingerprint density at radius 3 is 1.45 bits per heavy atom. The number of aromatic nitrogens is 4. The number of benzene rings is 7. The second-order valence-electron chi connectivity index (χ2n) is 31.9. The molecule has 0 spiro atoms. The van der Waals surface area contributed by atoms with E-state index < -0.39 is 0 Å². The van der Waals surface area contributed by atoms with E-state index in [1.807, 2.05) is 6.20 Å². The Morgan fingerprint density at radius 2 is 0.918 bits per heavy atom. The second-order valence-corrected chi connectivity index (χ2v) is 31.9. The predicted octanol–water partition coefficient (Wildman–Crippen LogP) is 20.4. The van der Waals surface area contributed by atoms with E-state index in [1.54, 1.807) is 11.1 Å². The van der Waals surface area contributed by atoms with E-state index in [0.717, 1.165) is 56.1 Å². The molecule has 0 fully saturated rings. The van der Waals surface area contributed by atoms with Crippen molar-refractivity contribution in [2.75, 3.05) is 0 Å². The molecule has 0 amide bonds. The fourth-order valence-corrected chi connectivity index (χ4v) is 18.1. The van der Waals surface area contributed by atoms with Gasteiger partial charge in [0.25, 0.3) is 6.33 Å². The first-order valence-electron chi connectivity index (χ1n) is 31.4. The van der Waals surface area contributed by atoms with Crippen molar-refractivity contribution in [3.05, 3.63) is 197 Å². The highest BCUT2D eigenvalue weighted by atomic mass is 16.5. The van der Waals surface area contributed by atoms with Crippen LogP contribution in [0.3, 0.4) is 0 Å². The SMILES string of the molecule is CC(C)(C)c1ccnc(-n2c3ccccc3c3ccc(Oc4cccc(-n5[c-][n+](-c6c(-c7cc8c9c(c7)C(C)(C)C(C)(C)C9(C)C(C)(C)C8(C)C)cccc6-c6cc7c8c(c6)C(C)(C)C(C)(C)C8(C)C(C)(C)C7(C)C)c6ccccc65)c4)cc32)c1. The molecule has 0 radical (unpaired) electrons.